The molecule has 0 aliphatic carbocycles. The van der Waals surface area contributed by atoms with Crippen molar-refractivity contribution in [2.45, 2.75) is 24.7 Å². The van der Waals surface area contributed by atoms with Crippen LogP contribution in [0.2, 0.25) is 0 Å². The zero-order valence-corrected chi connectivity index (χ0v) is 9.20. The van der Waals surface area contributed by atoms with Crippen LogP contribution in [0.15, 0.2) is 0 Å². The SMILES string of the molecule is FC(F)(F)C1CNCCN1C1CCSC1. The van der Waals surface area contributed by atoms with Crippen molar-refractivity contribution < 1.29 is 13.2 Å². The second-order valence-corrected chi connectivity index (χ2v) is 5.17. The van der Waals surface area contributed by atoms with Crippen LogP contribution in [0.5, 0.6) is 0 Å². The Bertz CT molecular complexity index is 216. The summed E-state index contributed by atoms with van der Waals surface area (Å²) in [5.41, 5.74) is 0. The van der Waals surface area contributed by atoms with Crippen LogP contribution in [0.1, 0.15) is 6.42 Å². The standard InChI is InChI=1S/C9H15F3N2S/c10-9(11,12)8-5-13-2-3-14(8)7-1-4-15-6-7/h7-8,13H,1-6H2. The van der Waals surface area contributed by atoms with E-state index in [4.69, 9.17) is 0 Å². The second kappa shape index (κ2) is 4.51. The van der Waals surface area contributed by atoms with Crippen LogP contribution in [-0.2, 0) is 0 Å². The summed E-state index contributed by atoms with van der Waals surface area (Å²) in [6.45, 7) is 1.24. The zero-order valence-electron chi connectivity index (χ0n) is 8.39. The fourth-order valence-electron chi connectivity index (χ4n) is 2.24. The summed E-state index contributed by atoms with van der Waals surface area (Å²) < 4.78 is 38.3. The largest absolute Gasteiger partial charge is 0.405 e. The molecule has 15 heavy (non-hydrogen) atoms. The third kappa shape index (κ3) is 2.60. The number of nitrogens with one attached hydrogen (secondary N) is 1. The number of nitrogens with zero attached hydrogens (tertiary/aromatic N) is 1. The van der Waals surface area contributed by atoms with Gasteiger partial charge in [0.15, 0.2) is 0 Å². The van der Waals surface area contributed by atoms with Crippen molar-refractivity contribution in [3.05, 3.63) is 0 Å². The summed E-state index contributed by atoms with van der Waals surface area (Å²) in [5.74, 6) is 1.85. The van der Waals surface area contributed by atoms with E-state index in [1.165, 1.54) is 0 Å². The molecule has 6 heteroatoms. The maximum atomic E-state index is 12.8. The fourth-order valence-corrected chi connectivity index (χ4v) is 3.48. The van der Waals surface area contributed by atoms with E-state index in [1.807, 2.05) is 0 Å². The van der Waals surface area contributed by atoms with Crippen molar-refractivity contribution >= 4 is 11.8 Å². The van der Waals surface area contributed by atoms with Gasteiger partial charge in [-0.1, -0.05) is 0 Å². The van der Waals surface area contributed by atoms with Gasteiger partial charge >= 0.3 is 6.18 Å². The molecule has 0 bridgehead atoms. The van der Waals surface area contributed by atoms with E-state index in [1.54, 1.807) is 16.7 Å². The Morgan fingerprint density at radius 2 is 2.13 bits per heavy atom. The molecule has 2 aliphatic rings. The first-order chi connectivity index (χ1) is 7.09. The van der Waals surface area contributed by atoms with Crippen molar-refractivity contribution in [2.24, 2.45) is 0 Å². The second-order valence-electron chi connectivity index (χ2n) is 4.02. The molecule has 0 aromatic carbocycles. The highest BCUT2D eigenvalue weighted by Gasteiger charge is 2.46. The van der Waals surface area contributed by atoms with Gasteiger partial charge in [-0.15, -0.1) is 0 Å². The topological polar surface area (TPSA) is 15.3 Å². The first kappa shape index (κ1) is 11.5. The molecule has 0 spiro atoms. The zero-order chi connectivity index (χ0) is 10.9. The molecule has 0 aromatic rings. The van der Waals surface area contributed by atoms with Gasteiger partial charge in [0, 0.05) is 31.4 Å². The van der Waals surface area contributed by atoms with Gasteiger partial charge in [0.2, 0.25) is 0 Å². The van der Waals surface area contributed by atoms with Crippen molar-refractivity contribution in [3.63, 3.8) is 0 Å². The van der Waals surface area contributed by atoms with E-state index in [2.05, 4.69) is 5.32 Å². The Labute approximate surface area is 91.6 Å². The predicted molar refractivity (Wildman–Crippen MR) is 55.1 cm³/mol. The third-order valence-electron chi connectivity index (χ3n) is 3.04. The van der Waals surface area contributed by atoms with Gasteiger partial charge in [0.1, 0.15) is 6.04 Å². The number of hydrogen-bond donors (Lipinski definition) is 1. The van der Waals surface area contributed by atoms with Crippen LogP contribution >= 0.6 is 11.8 Å². The van der Waals surface area contributed by atoms with Gasteiger partial charge in [-0.25, -0.2) is 0 Å². The van der Waals surface area contributed by atoms with Gasteiger partial charge in [-0.3, -0.25) is 4.90 Å². The Morgan fingerprint density at radius 1 is 1.33 bits per heavy atom. The summed E-state index contributed by atoms with van der Waals surface area (Å²) in [7, 11) is 0. The molecule has 2 atom stereocenters. The normalized spacial score (nSPS) is 34.6. The van der Waals surface area contributed by atoms with Gasteiger partial charge in [0.25, 0.3) is 0 Å². The van der Waals surface area contributed by atoms with Gasteiger partial charge in [-0.2, -0.15) is 24.9 Å². The van der Waals surface area contributed by atoms with E-state index >= 15 is 0 Å². The van der Waals surface area contributed by atoms with Crippen molar-refractivity contribution in [2.75, 3.05) is 31.1 Å². The predicted octanol–water partition coefficient (Wildman–Crippen LogP) is 1.33. The maximum absolute atomic E-state index is 12.8. The molecular weight excluding hydrogens is 225 g/mol. The minimum Gasteiger partial charge on any atom is -0.314 e. The van der Waals surface area contributed by atoms with Crippen molar-refractivity contribution in [1.82, 2.24) is 10.2 Å². The summed E-state index contributed by atoms with van der Waals surface area (Å²) >= 11 is 1.76. The Hall–Kier alpha value is 0.0600. The minimum absolute atomic E-state index is 0.0463. The lowest BCUT2D eigenvalue weighted by molar-refractivity contribution is -0.192. The average molecular weight is 240 g/mol. The molecule has 0 amide bonds. The lowest BCUT2D eigenvalue weighted by Gasteiger charge is -2.40. The molecule has 2 unspecified atom stereocenters. The van der Waals surface area contributed by atoms with Crippen LogP contribution in [0.3, 0.4) is 0 Å². The molecule has 2 heterocycles. The maximum Gasteiger partial charge on any atom is 0.405 e. The monoisotopic (exact) mass is 240 g/mol. The first-order valence-electron chi connectivity index (χ1n) is 5.20. The molecule has 2 rings (SSSR count). The quantitative estimate of drug-likeness (QED) is 0.744. The highest BCUT2D eigenvalue weighted by Crippen LogP contribution is 2.31. The fraction of sp³-hybridized carbons (Fsp3) is 1.00. The lowest BCUT2D eigenvalue weighted by Crippen LogP contribution is -2.60. The molecule has 2 saturated heterocycles. The highest BCUT2D eigenvalue weighted by molar-refractivity contribution is 7.99. The van der Waals surface area contributed by atoms with E-state index in [-0.39, 0.29) is 12.6 Å². The number of halogens is 3. The molecule has 2 aliphatic heterocycles. The van der Waals surface area contributed by atoms with Crippen LogP contribution < -0.4 is 5.32 Å². The summed E-state index contributed by atoms with van der Waals surface area (Å²) in [5, 5.41) is 2.83. The first-order valence-corrected chi connectivity index (χ1v) is 6.35. The number of hydrogen-bond acceptors (Lipinski definition) is 3. The lowest BCUT2D eigenvalue weighted by atomic mass is 10.1. The summed E-state index contributed by atoms with van der Waals surface area (Å²) in [6.07, 6.45) is -3.20. The third-order valence-corrected chi connectivity index (χ3v) is 4.18. The highest BCUT2D eigenvalue weighted by atomic mass is 32.2. The average Bonchev–Trinajstić information content (AvgIpc) is 2.69. The van der Waals surface area contributed by atoms with Gasteiger partial charge in [-0.05, 0) is 12.2 Å². The van der Waals surface area contributed by atoms with E-state index in [9.17, 15) is 13.2 Å². The molecular formula is C9H15F3N2S. The van der Waals surface area contributed by atoms with Crippen LogP contribution in [0.4, 0.5) is 13.2 Å². The van der Waals surface area contributed by atoms with E-state index in [0.29, 0.717) is 13.1 Å². The van der Waals surface area contributed by atoms with Gasteiger partial charge in [0.05, 0.1) is 0 Å². The van der Waals surface area contributed by atoms with Crippen molar-refractivity contribution in [1.29, 1.82) is 0 Å². The van der Waals surface area contributed by atoms with Gasteiger partial charge < -0.3 is 5.32 Å². The van der Waals surface area contributed by atoms with Crippen LogP contribution in [0.25, 0.3) is 0 Å². The molecule has 2 nitrogen and oxygen atoms in total. The summed E-state index contributed by atoms with van der Waals surface area (Å²) in [6, 6.07) is -1.15. The van der Waals surface area contributed by atoms with E-state index < -0.39 is 12.2 Å². The molecule has 1 N–H and O–H groups in total. The number of thioether (sulfide) groups is 1. The molecule has 88 valence electrons. The molecule has 0 aromatic heterocycles. The van der Waals surface area contributed by atoms with E-state index in [0.717, 1.165) is 17.9 Å². The number of alkyl halides is 3. The molecule has 0 radical (unpaired) electrons. The Kier molecular flexibility index (Phi) is 3.47. The minimum atomic E-state index is -4.10. The Morgan fingerprint density at radius 3 is 2.73 bits per heavy atom. The Balaban J connectivity index is 2.05. The summed E-state index contributed by atoms with van der Waals surface area (Å²) in [4.78, 5) is 1.65. The molecule has 2 fully saturated rings. The number of piperazine rings is 1. The smallest absolute Gasteiger partial charge is 0.314 e. The van der Waals surface area contributed by atoms with Crippen LogP contribution in [0, 0.1) is 0 Å². The molecule has 0 saturated carbocycles. The van der Waals surface area contributed by atoms with Crippen molar-refractivity contribution in [3.8, 4) is 0 Å². The number of rotatable bonds is 1. The van der Waals surface area contributed by atoms with Crippen LogP contribution in [-0.4, -0.2) is 54.3 Å².